The van der Waals surface area contributed by atoms with Crippen LogP contribution in [0.3, 0.4) is 0 Å². The zero-order valence-corrected chi connectivity index (χ0v) is 17.7. The summed E-state index contributed by atoms with van der Waals surface area (Å²) in [7, 11) is 2.81. The Morgan fingerprint density at radius 1 is 1.13 bits per heavy atom. The maximum atomic E-state index is 12.2. The number of fused-ring (bicyclic) bond motifs is 1. The van der Waals surface area contributed by atoms with Crippen molar-refractivity contribution in [2.45, 2.75) is 69.7 Å². The Balaban J connectivity index is 1.54. The first-order valence-corrected chi connectivity index (χ1v) is 9.92. The minimum atomic E-state index is -0.878. The Morgan fingerprint density at radius 2 is 1.83 bits per heavy atom. The van der Waals surface area contributed by atoms with Crippen LogP contribution in [-0.4, -0.2) is 62.7 Å². The summed E-state index contributed by atoms with van der Waals surface area (Å²) >= 11 is 0. The molecule has 1 N–H and O–H groups in total. The molecule has 2 fully saturated rings. The number of carbonyl (C=O) groups excluding carboxylic acids is 2. The minimum Gasteiger partial charge on any atom is -0.467 e. The Morgan fingerprint density at radius 3 is 2.50 bits per heavy atom. The summed E-state index contributed by atoms with van der Waals surface area (Å²) in [6.45, 7) is 3.76. The fraction of sp³-hybridized carbons (Fsp3) is 0.619. The van der Waals surface area contributed by atoms with E-state index in [0.29, 0.717) is 6.42 Å². The summed E-state index contributed by atoms with van der Waals surface area (Å²) < 4.78 is 33.1. The number of hydrogen-bond donors (Lipinski definition) is 1. The SMILES string of the molecule is COC(=O)[C@H](CC[C@H]1O[C@@H](OC)[C@@H]2OC(C)(C)O[C@@H]21)NC(=O)OCc1ccccc1. The molecule has 0 saturated carbocycles. The second kappa shape index (κ2) is 9.74. The van der Waals surface area contributed by atoms with Gasteiger partial charge in [0.25, 0.3) is 0 Å². The van der Waals surface area contributed by atoms with Gasteiger partial charge >= 0.3 is 12.1 Å². The zero-order chi connectivity index (χ0) is 21.7. The van der Waals surface area contributed by atoms with Gasteiger partial charge in [-0.3, -0.25) is 0 Å². The lowest BCUT2D eigenvalue weighted by Crippen LogP contribution is -2.42. The van der Waals surface area contributed by atoms with Crippen molar-refractivity contribution in [1.82, 2.24) is 5.32 Å². The van der Waals surface area contributed by atoms with Crippen LogP contribution in [0.5, 0.6) is 0 Å². The molecule has 0 bridgehead atoms. The van der Waals surface area contributed by atoms with Gasteiger partial charge in [0, 0.05) is 7.11 Å². The van der Waals surface area contributed by atoms with Crippen LogP contribution in [-0.2, 0) is 39.8 Å². The number of methoxy groups -OCH3 is 2. The Hall–Kier alpha value is -2.20. The summed E-state index contributed by atoms with van der Waals surface area (Å²) in [6, 6.07) is 8.39. The molecule has 2 aliphatic heterocycles. The zero-order valence-electron chi connectivity index (χ0n) is 17.7. The van der Waals surface area contributed by atoms with Crippen molar-refractivity contribution in [2.24, 2.45) is 0 Å². The molecule has 2 aliphatic rings. The third kappa shape index (κ3) is 5.48. The highest BCUT2D eigenvalue weighted by Crippen LogP contribution is 2.40. The lowest BCUT2D eigenvalue weighted by Gasteiger charge is -2.24. The van der Waals surface area contributed by atoms with Gasteiger partial charge in [0.15, 0.2) is 12.1 Å². The van der Waals surface area contributed by atoms with Gasteiger partial charge in [0.1, 0.15) is 24.9 Å². The molecule has 30 heavy (non-hydrogen) atoms. The third-order valence-electron chi connectivity index (χ3n) is 5.07. The van der Waals surface area contributed by atoms with Crippen molar-refractivity contribution in [2.75, 3.05) is 14.2 Å². The van der Waals surface area contributed by atoms with Crippen LogP contribution in [0, 0.1) is 0 Å². The smallest absolute Gasteiger partial charge is 0.408 e. The maximum Gasteiger partial charge on any atom is 0.408 e. The summed E-state index contributed by atoms with van der Waals surface area (Å²) in [6.07, 6.45) is -1.57. The third-order valence-corrected chi connectivity index (χ3v) is 5.07. The highest BCUT2D eigenvalue weighted by molar-refractivity contribution is 5.81. The van der Waals surface area contributed by atoms with Crippen molar-refractivity contribution in [3.63, 3.8) is 0 Å². The number of amides is 1. The Bertz CT molecular complexity index is 725. The van der Waals surface area contributed by atoms with Gasteiger partial charge in [0.2, 0.25) is 0 Å². The van der Waals surface area contributed by atoms with Crippen LogP contribution in [0.15, 0.2) is 30.3 Å². The van der Waals surface area contributed by atoms with Gasteiger partial charge in [-0.05, 0) is 32.3 Å². The number of esters is 1. The lowest BCUT2D eigenvalue weighted by atomic mass is 10.0. The van der Waals surface area contributed by atoms with E-state index >= 15 is 0 Å². The maximum absolute atomic E-state index is 12.2. The first-order chi connectivity index (χ1) is 14.3. The molecule has 0 spiro atoms. The predicted octanol–water partition coefficient (Wildman–Crippen LogP) is 2.13. The van der Waals surface area contributed by atoms with Crippen molar-refractivity contribution in [1.29, 1.82) is 0 Å². The monoisotopic (exact) mass is 423 g/mol. The van der Waals surface area contributed by atoms with Gasteiger partial charge < -0.3 is 33.7 Å². The van der Waals surface area contributed by atoms with E-state index in [2.05, 4.69) is 5.32 Å². The van der Waals surface area contributed by atoms with E-state index in [4.69, 9.17) is 28.4 Å². The number of ether oxygens (including phenoxy) is 6. The molecule has 5 atom stereocenters. The number of rotatable bonds is 8. The van der Waals surface area contributed by atoms with E-state index in [1.165, 1.54) is 7.11 Å². The highest BCUT2D eigenvalue weighted by Gasteiger charge is 2.55. The van der Waals surface area contributed by atoms with Gasteiger partial charge in [-0.2, -0.15) is 0 Å². The molecular formula is C21H29NO8. The molecule has 9 nitrogen and oxygen atoms in total. The number of hydrogen-bond acceptors (Lipinski definition) is 8. The fourth-order valence-electron chi connectivity index (χ4n) is 3.69. The normalized spacial score (nSPS) is 27.9. The van der Waals surface area contributed by atoms with Crippen molar-refractivity contribution >= 4 is 12.1 Å². The van der Waals surface area contributed by atoms with E-state index in [0.717, 1.165) is 5.56 Å². The van der Waals surface area contributed by atoms with Crippen molar-refractivity contribution in [3.05, 3.63) is 35.9 Å². The summed E-state index contributed by atoms with van der Waals surface area (Å²) in [4.78, 5) is 24.3. The Labute approximate surface area is 175 Å². The van der Waals surface area contributed by atoms with E-state index in [1.807, 2.05) is 44.2 Å². The first-order valence-electron chi connectivity index (χ1n) is 9.92. The van der Waals surface area contributed by atoms with Gasteiger partial charge in [0.05, 0.1) is 13.2 Å². The van der Waals surface area contributed by atoms with Crippen molar-refractivity contribution < 1.29 is 38.0 Å². The first kappa shape index (κ1) is 22.5. The molecular weight excluding hydrogens is 394 g/mol. The molecule has 2 heterocycles. The largest absolute Gasteiger partial charge is 0.467 e. The number of carbonyl (C=O) groups is 2. The molecule has 1 aromatic carbocycles. The molecule has 9 heteroatoms. The number of alkyl carbamates (subject to hydrolysis) is 1. The molecule has 3 rings (SSSR count). The van der Waals surface area contributed by atoms with Crippen LogP contribution in [0.25, 0.3) is 0 Å². The van der Waals surface area contributed by atoms with Crippen molar-refractivity contribution in [3.8, 4) is 0 Å². The summed E-state index contributed by atoms with van der Waals surface area (Å²) in [5.41, 5.74) is 0.847. The standard InChI is InChI=1S/C21H29NO8/c1-21(2)29-16-15(28-19(26-4)17(16)30-21)11-10-14(18(23)25-3)22-20(24)27-12-13-8-6-5-7-9-13/h5-9,14-17,19H,10-12H2,1-4H3,(H,22,24)/t14-,15+,16+,17+,19+/m0/s1. The lowest BCUT2D eigenvalue weighted by molar-refractivity contribution is -0.227. The van der Waals surface area contributed by atoms with Crippen LogP contribution < -0.4 is 5.32 Å². The van der Waals surface area contributed by atoms with Crippen LogP contribution >= 0.6 is 0 Å². The number of nitrogens with one attached hydrogen (secondary N) is 1. The topological polar surface area (TPSA) is 102 Å². The summed E-state index contributed by atoms with van der Waals surface area (Å²) in [5, 5.41) is 2.57. The van der Waals surface area contributed by atoms with Crippen LogP contribution in [0.2, 0.25) is 0 Å². The Kier molecular flexibility index (Phi) is 7.30. The second-order valence-electron chi connectivity index (χ2n) is 7.70. The van der Waals surface area contributed by atoms with Gasteiger partial charge in [-0.25, -0.2) is 9.59 Å². The average molecular weight is 423 g/mol. The molecule has 1 aromatic rings. The molecule has 0 aromatic heterocycles. The minimum absolute atomic E-state index is 0.103. The average Bonchev–Trinajstić information content (AvgIpc) is 3.22. The van der Waals surface area contributed by atoms with Crippen LogP contribution in [0.1, 0.15) is 32.3 Å². The highest BCUT2D eigenvalue weighted by atomic mass is 16.8. The molecule has 2 saturated heterocycles. The molecule has 1 amide bonds. The van der Waals surface area contributed by atoms with E-state index in [1.54, 1.807) is 7.11 Å². The molecule has 0 aliphatic carbocycles. The molecule has 0 unspecified atom stereocenters. The van der Waals surface area contributed by atoms with Gasteiger partial charge in [-0.1, -0.05) is 30.3 Å². The van der Waals surface area contributed by atoms with E-state index in [-0.39, 0.29) is 31.3 Å². The van der Waals surface area contributed by atoms with Crippen LogP contribution in [0.4, 0.5) is 4.79 Å². The second-order valence-corrected chi connectivity index (χ2v) is 7.70. The van der Waals surface area contributed by atoms with E-state index < -0.39 is 30.2 Å². The quantitative estimate of drug-likeness (QED) is 0.635. The van der Waals surface area contributed by atoms with E-state index in [9.17, 15) is 9.59 Å². The molecule has 0 radical (unpaired) electrons. The number of benzene rings is 1. The fourth-order valence-corrected chi connectivity index (χ4v) is 3.69. The van der Waals surface area contributed by atoms with Gasteiger partial charge in [-0.15, -0.1) is 0 Å². The molecule has 166 valence electrons. The predicted molar refractivity (Wildman–Crippen MR) is 104 cm³/mol. The summed E-state index contributed by atoms with van der Waals surface area (Å²) in [5.74, 6) is -1.30.